The quantitative estimate of drug-likeness (QED) is 0.197. The number of carbonyl (C=O) groups is 1. The molecule has 0 heterocycles. The van der Waals surface area contributed by atoms with E-state index in [1.165, 1.54) is 0 Å². The van der Waals surface area contributed by atoms with E-state index in [2.05, 4.69) is 26.4 Å². The normalized spacial score (nSPS) is 10.9. The maximum Gasteiger partial charge on any atom is 0.269 e. The lowest BCUT2D eigenvalue weighted by atomic mass is 10.1. The summed E-state index contributed by atoms with van der Waals surface area (Å²) >= 11 is 9.31. The average molecular weight is 505 g/mol. The zero-order chi connectivity index (χ0) is 20.4. The first-order chi connectivity index (χ1) is 13.5. The van der Waals surface area contributed by atoms with Crippen LogP contribution in [0.25, 0.3) is 0 Å². The maximum atomic E-state index is 12.3. The third-order valence-corrected chi connectivity index (χ3v) is 4.84. The molecule has 0 bridgehead atoms. The summed E-state index contributed by atoms with van der Waals surface area (Å²) in [6.45, 7) is 1.53. The molecule has 0 spiro atoms. The molecule has 0 radical (unpaired) electrons. The second-order valence-corrected chi connectivity index (χ2v) is 7.40. The van der Waals surface area contributed by atoms with Crippen molar-refractivity contribution in [2.45, 2.75) is 19.3 Å². The lowest BCUT2D eigenvalue weighted by Gasteiger charge is -2.10. The first-order valence-electron chi connectivity index (χ1n) is 8.88. The Morgan fingerprint density at radius 1 is 1.21 bits per heavy atom. The summed E-state index contributed by atoms with van der Waals surface area (Å²) in [5, 5.41) is 15.8. The molecule has 29 heavy (non-hydrogen) atoms. The number of carbonyl (C=O) groups excluding carboxylic acids is 1. The van der Waals surface area contributed by atoms with Crippen molar-refractivity contribution in [3.8, 4) is 5.75 Å². The molecule has 9 heteroatoms. The number of hydrogen-bond donors (Lipinski definition) is 3. The summed E-state index contributed by atoms with van der Waals surface area (Å²) in [6.07, 6.45) is 1.62. The summed E-state index contributed by atoms with van der Waals surface area (Å²) in [5.74, 6) is 0.294. The summed E-state index contributed by atoms with van der Waals surface area (Å²) in [6, 6.07) is 12.9. The third kappa shape index (κ3) is 8.62. The topological polar surface area (TPSA) is 96.9 Å². The molecule has 0 atom stereocenters. The molecule has 0 aromatic heterocycles. The number of nitrogens with one attached hydrogen (secondary N) is 1. The number of rotatable bonds is 10. The molecule has 2 aromatic carbocycles. The smallest absolute Gasteiger partial charge is 0.269 e. The molecule has 0 saturated heterocycles. The standard InChI is InChI=1S/C20H23BrClN3O3.ClH/c21-17-12-15(4-7-19(17)28-11-1-9-23)13-18(25-27)20(26)24-10-8-14-2-5-16(22)6-3-14;/h2-7,12,27H,1,8-11,13,23H2,(H,24,26);1H/b25-18-;. The van der Waals surface area contributed by atoms with E-state index in [9.17, 15) is 10.0 Å². The molecular formula is C20H24BrCl2N3O3. The van der Waals surface area contributed by atoms with E-state index in [0.717, 1.165) is 22.0 Å². The van der Waals surface area contributed by atoms with Crippen molar-refractivity contribution in [1.82, 2.24) is 5.32 Å². The van der Waals surface area contributed by atoms with Gasteiger partial charge in [0.15, 0.2) is 0 Å². The minimum Gasteiger partial charge on any atom is -0.492 e. The van der Waals surface area contributed by atoms with E-state index in [1.54, 1.807) is 12.1 Å². The number of halogens is 3. The zero-order valence-corrected chi connectivity index (χ0v) is 18.9. The molecular weight excluding hydrogens is 481 g/mol. The molecule has 0 aliphatic carbocycles. The van der Waals surface area contributed by atoms with Gasteiger partial charge in [0, 0.05) is 18.0 Å². The monoisotopic (exact) mass is 503 g/mol. The minimum atomic E-state index is -0.407. The predicted molar refractivity (Wildman–Crippen MR) is 122 cm³/mol. The molecule has 4 N–H and O–H groups in total. The number of oxime groups is 1. The van der Waals surface area contributed by atoms with E-state index in [-0.39, 0.29) is 24.5 Å². The van der Waals surface area contributed by atoms with Gasteiger partial charge in [-0.2, -0.15) is 0 Å². The van der Waals surface area contributed by atoms with Gasteiger partial charge in [-0.05, 0) is 70.7 Å². The van der Waals surface area contributed by atoms with Crippen LogP contribution in [0.5, 0.6) is 5.75 Å². The molecule has 6 nitrogen and oxygen atoms in total. The van der Waals surface area contributed by atoms with Gasteiger partial charge in [0.05, 0.1) is 11.1 Å². The predicted octanol–water partition coefficient (Wildman–Crippen LogP) is 3.98. The Morgan fingerprint density at radius 3 is 2.52 bits per heavy atom. The number of benzene rings is 2. The molecule has 0 aliphatic rings. The van der Waals surface area contributed by atoms with Gasteiger partial charge in [-0.25, -0.2) is 0 Å². The van der Waals surface area contributed by atoms with Crippen LogP contribution in [0.15, 0.2) is 52.1 Å². The number of nitrogens with zero attached hydrogens (tertiary/aromatic N) is 1. The highest BCUT2D eigenvalue weighted by Crippen LogP contribution is 2.26. The fourth-order valence-corrected chi connectivity index (χ4v) is 3.13. The van der Waals surface area contributed by atoms with Crippen molar-refractivity contribution in [3.05, 3.63) is 63.1 Å². The Morgan fingerprint density at radius 2 is 1.90 bits per heavy atom. The van der Waals surface area contributed by atoms with E-state index < -0.39 is 5.91 Å². The average Bonchev–Trinajstić information content (AvgIpc) is 2.69. The Kier molecular flexibility index (Phi) is 11.7. The van der Waals surface area contributed by atoms with Crippen LogP contribution in [0.4, 0.5) is 0 Å². The Hall–Kier alpha value is -1.80. The van der Waals surface area contributed by atoms with E-state index in [4.69, 9.17) is 22.1 Å². The largest absolute Gasteiger partial charge is 0.492 e. The SMILES string of the molecule is Cl.NCCCOc1ccc(C/C(=N/O)C(=O)NCCc2ccc(Cl)cc2)cc1Br. The van der Waals surface area contributed by atoms with Gasteiger partial charge in [-0.1, -0.05) is 35.0 Å². The van der Waals surface area contributed by atoms with Crippen LogP contribution in [0, 0.1) is 0 Å². The molecule has 0 fully saturated rings. The Bertz CT molecular complexity index is 817. The molecule has 2 aromatic rings. The summed E-state index contributed by atoms with van der Waals surface area (Å²) in [5.41, 5.74) is 7.37. The zero-order valence-electron chi connectivity index (χ0n) is 15.7. The van der Waals surface area contributed by atoms with Crippen LogP contribution in [0.3, 0.4) is 0 Å². The first kappa shape index (κ1) is 25.2. The van der Waals surface area contributed by atoms with Gasteiger partial charge in [-0.3, -0.25) is 4.79 Å². The van der Waals surface area contributed by atoms with Gasteiger partial charge in [0.2, 0.25) is 0 Å². The highest BCUT2D eigenvalue weighted by atomic mass is 79.9. The second kappa shape index (κ2) is 13.4. The number of hydrogen-bond acceptors (Lipinski definition) is 5. The lowest BCUT2D eigenvalue weighted by Crippen LogP contribution is -2.33. The Balaban J connectivity index is 0.00000420. The third-order valence-electron chi connectivity index (χ3n) is 3.97. The fourth-order valence-electron chi connectivity index (χ4n) is 2.46. The highest BCUT2D eigenvalue weighted by Gasteiger charge is 2.14. The van der Waals surface area contributed by atoms with E-state index in [1.807, 2.05) is 30.3 Å². The number of nitrogens with two attached hydrogens (primary N) is 1. The van der Waals surface area contributed by atoms with Gasteiger partial charge in [0.25, 0.3) is 5.91 Å². The summed E-state index contributed by atoms with van der Waals surface area (Å²) in [7, 11) is 0. The van der Waals surface area contributed by atoms with Crippen molar-refractivity contribution in [2.24, 2.45) is 10.9 Å². The molecule has 0 unspecified atom stereocenters. The maximum absolute atomic E-state index is 12.3. The lowest BCUT2D eigenvalue weighted by molar-refractivity contribution is -0.115. The molecule has 0 aliphatic heterocycles. The molecule has 158 valence electrons. The van der Waals surface area contributed by atoms with Crippen molar-refractivity contribution in [3.63, 3.8) is 0 Å². The van der Waals surface area contributed by atoms with Crippen LogP contribution in [0.2, 0.25) is 5.02 Å². The van der Waals surface area contributed by atoms with Crippen molar-refractivity contribution >= 4 is 51.6 Å². The van der Waals surface area contributed by atoms with Crippen molar-refractivity contribution < 1.29 is 14.7 Å². The second-order valence-electron chi connectivity index (χ2n) is 6.11. The van der Waals surface area contributed by atoms with E-state index >= 15 is 0 Å². The van der Waals surface area contributed by atoms with Gasteiger partial charge >= 0.3 is 0 Å². The Labute approximate surface area is 190 Å². The van der Waals surface area contributed by atoms with Gasteiger partial charge < -0.3 is 21.0 Å². The number of amides is 1. The molecule has 1 amide bonds. The fraction of sp³-hybridized carbons (Fsp3) is 0.300. The van der Waals surface area contributed by atoms with Crippen LogP contribution in [-0.2, 0) is 17.6 Å². The van der Waals surface area contributed by atoms with Gasteiger partial charge in [0.1, 0.15) is 11.5 Å². The number of ether oxygens (including phenoxy) is 1. The van der Waals surface area contributed by atoms with Gasteiger partial charge in [-0.15, -0.1) is 12.4 Å². The van der Waals surface area contributed by atoms with Crippen molar-refractivity contribution in [2.75, 3.05) is 19.7 Å². The highest BCUT2D eigenvalue weighted by molar-refractivity contribution is 9.10. The minimum absolute atomic E-state index is 0. The van der Waals surface area contributed by atoms with Crippen LogP contribution in [-0.4, -0.2) is 36.5 Å². The molecule has 0 saturated carbocycles. The van der Waals surface area contributed by atoms with Crippen LogP contribution in [0.1, 0.15) is 17.5 Å². The van der Waals surface area contributed by atoms with Crippen LogP contribution < -0.4 is 15.8 Å². The van der Waals surface area contributed by atoms with E-state index in [0.29, 0.717) is 36.9 Å². The first-order valence-corrected chi connectivity index (χ1v) is 10.1. The van der Waals surface area contributed by atoms with Crippen molar-refractivity contribution in [1.29, 1.82) is 0 Å². The van der Waals surface area contributed by atoms with Crippen LogP contribution >= 0.6 is 39.9 Å². The summed E-state index contributed by atoms with van der Waals surface area (Å²) in [4.78, 5) is 12.3. The molecule has 2 rings (SSSR count). The summed E-state index contributed by atoms with van der Waals surface area (Å²) < 4.78 is 6.39.